The summed E-state index contributed by atoms with van der Waals surface area (Å²) in [7, 11) is -3.76. The molecule has 1 amide bonds. The van der Waals surface area contributed by atoms with E-state index in [0.717, 1.165) is 11.3 Å². The van der Waals surface area contributed by atoms with Gasteiger partial charge in [0.2, 0.25) is 15.9 Å². The lowest BCUT2D eigenvalue weighted by atomic mass is 10.2. The number of ether oxygens (including phenoxy) is 1. The van der Waals surface area contributed by atoms with Crippen molar-refractivity contribution in [3.8, 4) is 5.75 Å². The van der Waals surface area contributed by atoms with Crippen LogP contribution in [0.25, 0.3) is 0 Å². The first-order valence-electron chi connectivity index (χ1n) is 9.58. The number of carbonyl (C=O) groups excluding carboxylic acids is 1. The Bertz CT molecular complexity index is 961. The van der Waals surface area contributed by atoms with Crippen molar-refractivity contribution in [1.82, 2.24) is 9.62 Å². The van der Waals surface area contributed by atoms with E-state index in [9.17, 15) is 13.2 Å². The fourth-order valence-electron chi connectivity index (χ4n) is 3.34. The maximum atomic E-state index is 13.0. The van der Waals surface area contributed by atoms with Crippen molar-refractivity contribution in [2.45, 2.75) is 50.3 Å². The Hall–Kier alpha value is -2.09. The van der Waals surface area contributed by atoms with Crippen molar-refractivity contribution in [2.24, 2.45) is 0 Å². The lowest BCUT2D eigenvalue weighted by molar-refractivity contribution is -0.124. The molecule has 0 radical (unpaired) electrons. The Morgan fingerprint density at radius 2 is 1.97 bits per heavy atom. The largest absolute Gasteiger partial charge is 0.491 e. The van der Waals surface area contributed by atoms with Crippen LogP contribution >= 0.6 is 11.6 Å². The number of hydrogen-bond donors (Lipinski definition) is 1. The lowest BCUT2D eigenvalue weighted by Gasteiger charge is -2.23. The van der Waals surface area contributed by atoms with E-state index < -0.39 is 16.1 Å². The molecule has 1 N–H and O–H groups in total. The SMILES string of the molecule is CC(C)Oc1cccc(CNC(=O)[C@H]2CCCN2S(=O)(=O)c2ccc(Cl)cc2)c1. The van der Waals surface area contributed by atoms with Crippen LogP contribution in [0.2, 0.25) is 5.02 Å². The summed E-state index contributed by atoms with van der Waals surface area (Å²) in [6, 6.07) is 12.8. The first kappa shape index (κ1) is 21.6. The van der Waals surface area contributed by atoms with Crippen LogP contribution in [0.1, 0.15) is 32.3 Å². The van der Waals surface area contributed by atoms with Crippen molar-refractivity contribution >= 4 is 27.5 Å². The molecule has 1 aliphatic heterocycles. The molecule has 8 heteroatoms. The van der Waals surface area contributed by atoms with E-state index in [0.29, 0.717) is 31.0 Å². The number of carbonyl (C=O) groups is 1. The van der Waals surface area contributed by atoms with Gasteiger partial charge >= 0.3 is 0 Å². The Labute approximate surface area is 176 Å². The molecule has 0 spiro atoms. The molecule has 0 aliphatic carbocycles. The maximum Gasteiger partial charge on any atom is 0.243 e. The predicted octanol–water partition coefficient (Wildman–Crippen LogP) is 3.60. The minimum atomic E-state index is -3.76. The highest BCUT2D eigenvalue weighted by atomic mass is 35.5. The van der Waals surface area contributed by atoms with Gasteiger partial charge in [0.25, 0.3) is 0 Å². The van der Waals surface area contributed by atoms with Crippen LogP contribution in [0.4, 0.5) is 0 Å². The third kappa shape index (κ3) is 5.29. The van der Waals surface area contributed by atoms with Crippen LogP contribution in [0.5, 0.6) is 5.75 Å². The van der Waals surface area contributed by atoms with Crippen LogP contribution in [-0.4, -0.2) is 37.3 Å². The van der Waals surface area contributed by atoms with Gasteiger partial charge in [-0.05, 0) is 68.7 Å². The second-order valence-corrected chi connectivity index (χ2v) is 9.59. The number of nitrogens with zero attached hydrogens (tertiary/aromatic N) is 1. The predicted molar refractivity (Wildman–Crippen MR) is 112 cm³/mol. The fourth-order valence-corrected chi connectivity index (χ4v) is 5.12. The van der Waals surface area contributed by atoms with Gasteiger partial charge in [0, 0.05) is 18.1 Å². The van der Waals surface area contributed by atoms with E-state index in [1.165, 1.54) is 28.6 Å². The van der Waals surface area contributed by atoms with Crippen LogP contribution in [0.3, 0.4) is 0 Å². The van der Waals surface area contributed by atoms with Gasteiger partial charge in [-0.25, -0.2) is 8.42 Å². The van der Waals surface area contributed by atoms with Crippen LogP contribution < -0.4 is 10.1 Å². The minimum Gasteiger partial charge on any atom is -0.491 e. The van der Waals surface area contributed by atoms with E-state index in [4.69, 9.17) is 16.3 Å². The quantitative estimate of drug-likeness (QED) is 0.719. The minimum absolute atomic E-state index is 0.0602. The summed E-state index contributed by atoms with van der Waals surface area (Å²) in [5.41, 5.74) is 0.890. The molecule has 0 unspecified atom stereocenters. The monoisotopic (exact) mass is 436 g/mol. The molecule has 0 saturated carbocycles. The number of rotatable bonds is 7. The molecule has 29 heavy (non-hydrogen) atoms. The third-order valence-electron chi connectivity index (χ3n) is 4.66. The smallest absolute Gasteiger partial charge is 0.243 e. The van der Waals surface area contributed by atoms with E-state index in [1.54, 1.807) is 0 Å². The summed E-state index contributed by atoms with van der Waals surface area (Å²) in [6.45, 7) is 4.52. The molecule has 2 aromatic rings. The van der Waals surface area contributed by atoms with E-state index in [2.05, 4.69) is 5.32 Å². The van der Waals surface area contributed by atoms with Crippen molar-refractivity contribution in [3.05, 3.63) is 59.1 Å². The number of nitrogens with one attached hydrogen (secondary N) is 1. The van der Waals surface area contributed by atoms with Crippen molar-refractivity contribution < 1.29 is 17.9 Å². The topological polar surface area (TPSA) is 75.7 Å². The van der Waals surface area contributed by atoms with Gasteiger partial charge < -0.3 is 10.1 Å². The van der Waals surface area contributed by atoms with Gasteiger partial charge in [-0.3, -0.25) is 4.79 Å². The Morgan fingerprint density at radius 3 is 2.66 bits per heavy atom. The molecule has 1 heterocycles. The summed E-state index contributed by atoms with van der Waals surface area (Å²) < 4.78 is 32.9. The summed E-state index contributed by atoms with van der Waals surface area (Å²) in [4.78, 5) is 12.9. The molecule has 1 atom stereocenters. The normalized spacial score (nSPS) is 17.4. The molecule has 2 aromatic carbocycles. The van der Waals surface area contributed by atoms with Gasteiger partial charge in [0.15, 0.2) is 0 Å². The average molecular weight is 437 g/mol. The van der Waals surface area contributed by atoms with Gasteiger partial charge in [-0.1, -0.05) is 23.7 Å². The van der Waals surface area contributed by atoms with Crippen LogP contribution in [0, 0.1) is 0 Å². The third-order valence-corrected chi connectivity index (χ3v) is 6.84. The lowest BCUT2D eigenvalue weighted by Crippen LogP contribution is -2.45. The first-order valence-corrected chi connectivity index (χ1v) is 11.4. The average Bonchev–Trinajstić information content (AvgIpc) is 3.17. The Kier molecular flexibility index (Phi) is 6.82. The number of amides is 1. The summed E-state index contributed by atoms with van der Waals surface area (Å²) in [5.74, 6) is 0.440. The summed E-state index contributed by atoms with van der Waals surface area (Å²) in [5, 5.41) is 3.32. The number of hydrogen-bond acceptors (Lipinski definition) is 4. The first-order chi connectivity index (χ1) is 13.8. The van der Waals surface area contributed by atoms with E-state index >= 15 is 0 Å². The number of benzene rings is 2. The van der Waals surface area contributed by atoms with Crippen molar-refractivity contribution in [3.63, 3.8) is 0 Å². The Balaban J connectivity index is 1.68. The maximum absolute atomic E-state index is 13.0. The van der Waals surface area contributed by atoms with Gasteiger partial charge in [-0.15, -0.1) is 0 Å². The molecule has 1 fully saturated rings. The zero-order valence-corrected chi connectivity index (χ0v) is 18.0. The molecule has 0 aromatic heterocycles. The van der Waals surface area contributed by atoms with Crippen LogP contribution in [-0.2, 0) is 21.4 Å². The highest BCUT2D eigenvalue weighted by Gasteiger charge is 2.39. The highest BCUT2D eigenvalue weighted by Crippen LogP contribution is 2.27. The van der Waals surface area contributed by atoms with Crippen molar-refractivity contribution in [1.29, 1.82) is 0 Å². The highest BCUT2D eigenvalue weighted by molar-refractivity contribution is 7.89. The summed E-state index contributed by atoms with van der Waals surface area (Å²) in [6.07, 6.45) is 1.20. The second-order valence-electron chi connectivity index (χ2n) is 7.26. The van der Waals surface area contributed by atoms with E-state index in [-0.39, 0.29) is 16.9 Å². The summed E-state index contributed by atoms with van der Waals surface area (Å²) >= 11 is 5.86. The standard InChI is InChI=1S/C21H25ClN2O4S/c1-15(2)28-18-6-3-5-16(13-18)14-23-21(25)20-7-4-12-24(20)29(26,27)19-10-8-17(22)9-11-19/h3,5-6,8-11,13,15,20H,4,7,12,14H2,1-2H3,(H,23,25)/t20-/m1/s1. The van der Waals surface area contributed by atoms with Gasteiger partial charge in [0.1, 0.15) is 11.8 Å². The van der Waals surface area contributed by atoms with E-state index in [1.807, 2.05) is 38.1 Å². The van der Waals surface area contributed by atoms with Crippen LogP contribution in [0.15, 0.2) is 53.4 Å². The fraction of sp³-hybridized carbons (Fsp3) is 0.381. The molecule has 1 saturated heterocycles. The molecule has 6 nitrogen and oxygen atoms in total. The van der Waals surface area contributed by atoms with Crippen molar-refractivity contribution in [2.75, 3.05) is 6.54 Å². The number of halogens is 1. The second kappa shape index (κ2) is 9.15. The van der Waals surface area contributed by atoms with Gasteiger partial charge in [-0.2, -0.15) is 4.31 Å². The number of sulfonamides is 1. The molecule has 156 valence electrons. The molecule has 0 bridgehead atoms. The van der Waals surface area contributed by atoms with Gasteiger partial charge in [0.05, 0.1) is 11.0 Å². The zero-order chi connectivity index (χ0) is 21.0. The molecular weight excluding hydrogens is 412 g/mol. The zero-order valence-electron chi connectivity index (χ0n) is 16.5. The molecule has 1 aliphatic rings. The molecular formula is C21H25ClN2O4S. The Morgan fingerprint density at radius 1 is 1.24 bits per heavy atom. The molecule has 3 rings (SSSR count).